The molecule has 1 aliphatic rings. The van der Waals surface area contributed by atoms with Gasteiger partial charge in [0.2, 0.25) is 0 Å². The molecule has 8 nitrogen and oxygen atoms in total. The van der Waals surface area contributed by atoms with E-state index in [1.165, 1.54) is 13.3 Å². The van der Waals surface area contributed by atoms with Crippen LogP contribution in [0.3, 0.4) is 0 Å². The van der Waals surface area contributed by atoms with Crippen molar-refractivity contribution in [2.45, 2.75) is 37.3 Å². The molecule has 27 heavy (non-hydrogen) atoms. The average molecular weight is 360 g/mol. The lowest BCUT2D eigenvalue weighted by Gasteiger charge is -2.31. The summed E-state index contributed by atoms with van der Waals surface area (Å²) in [5, 5.41) is 30.9. The first-order valence-electron chi connectivity index (χ1n) is 8.41. The van der Waals surface area contributed by atoms with Crippen LogP contribution in [0, 0.1) is 17.2 Å². The van der Waals surface area contributed by atoms with Gasteiger partial charge in [-0.05, 0) is 17.2 Å². The van der Waals surface area contributed by atoms with Gasteiger partial charge in [0.05, 0.1) is 33.7 Å². The van der Waals surface area contributed by atoms with Gasteiger partial charge in [0.15, 0.2) is 5.79 Å². The maximum atomic E-state index is 9.90. The summed E-state index contributed by atoms with van der Waals surface area (Å²) in [5.41, 5.74) is 2.43. The normalized spacial score (nSPS) is 20.0. The first-order valence-corrected chi connectivity index (χ1v) is 8.41. The van der Waals surface area contributed by atoms with Crippen molar-refractivity contribution in [3.63, 3.8) is 0 Å². The van der Waals surface area contributed by atoms with Crippen molar-refractivity contribution in [1.82, 2.24) is 24.7 Å². The van der Waals surface area contributed by atoms with E-state index in [4.69, 9.17) is 21.0 Å². The molecule has 3 heterocycles. The Kier molecular flexibility index (Phi) is 5.09. The lowest BCUT2D eigenvalue weighted by molar-refractivity contribution is -0.163. The van der Waals surface area contributed by atoms with E-state index in [1.54, 1.807) is 16.9 Å². The fraction of sp³-hybridized carbons (Fsp3) is 0.412. The van der Waals surface area contributed by atoms with E-state index < -0.39 is 11.0 Å². The second-order valence-electron chi connectivity index (χ2n) is 6.77. The molecule has 4 rings (SSSR count). The summed E-state index contributed by atoms with van der Waals surface area (Å²) in [5.74, 6) is -2.13. The smallest absolute Gasteiger partial charge is 0.153 e. The van der Waals surface area contributed by atoms with Crippen LogP contribution in [0.5, 0.6) is 0 Å². The molecule has 134 valence electrons. The Balaban J connectivity index is 0.000000659. The maximum absolute atomic E-state index is 9.90. The van der Waals surface area contributed by atoms with Gasteiger partial charge in [-0.15, -0.1) is 0 Å². The number of nitrogens with zero attached hydrogens (tertiary/aromatic N) is 5. The topological polar surface area (TPSA) is 124 Å². The molecule has 0 saturated heterocycles. The highest BCUT2D eigenvalue weighted by Gasteiger charge is 2.49. The zero-order chi connectivity index (χ0) is 19.7. The number of hydrogen-bond acceptors (Lipinski definition) is 6. The zero-order valence-electron chi connectivity index (χ0n) is 14.9. The number of H-pyrrole nitrogens is 1. The number of nitriles is 1. The SMILES string of the molecule is CC#N.[B]C1([B])CC(Cn2cc(-c3ncnc4[nH]ccc34)cn2)CC1(O)O. The van der Waals surface area contributed by atoms with Gasteiger partial charge >= 0.3 is 0 Å². The van der Waals surface area contributed by atoms with Gasteiger partial charge in [0, 0.05) is 43.2 Å². The van der Waals surface area contributed by atoms with Crippen molar-refractivity contribution in [2.75, 3.05) is 0 Å². The average Bonchev–Trinajstić information content (AvgIpc) is 3.26. The first-order chi connectivity index (χ1) is 12.8. The van der Waals surface area contributed by atoms with E-state index in [0.717, 1.165) is 22.3 Å². The molecule has 1 unspecified atom stereocenters. The van der Waals surface area contributed by atoms with Crippen molar-refractivity contribution in [3.8, 4) is 17.3 Å². The van der Waals surface area contributed by atoms with E-state index in [-0.39, 0.29) is 12.3 Å². The summed E-state index contributed by atoms with van der Waals surface area (Å²) in [4.78, 5) is 11.6. The monoisotopic (exact) mass is 360 g/mol. The predicted molar refractivity (Wildman–Crippen MR) is 100 cm³/mol. The number of aromatic amines is 1. The molecule has 4 radical (unpaired) electrons. The number of aliphatic hydroxyl groups is 2. The molecule has 0 bridgehead atoms. The predicted octanol–water partition coefficient (Wildman–Crippen LogP) is 0.895. The minimum atomic E-state index is -2.06. The van der Waals surface area contributed by atoms with Gasteiger partial charge in [0.1, 0.15) is 12.0 Å². The van der Waals surface area contributed by atoms with E-state index in [2.05, 4.69) is 20.1 Å². The Bertz CT molecular complexity index is 959. The van der Waals surface area contributed by atoms with Crippen molar-refractivity contribution in [3.05, 3.63) is 31.0 Å². The minimum Gasteiger partial charge on any atom is -0.366 e. The zero-order valence-corrected chi connectivity index (χ0v) is 14.9. The van der Waals surface area contributed by atoms with E-state index in [0.29, 0.717) is 13.0 Å². The lowest BCUT2D eigenvalue weighted by atomic mass is 9.50. The molecule has 0 spiro atoms. The van der Waals surface area contributed by atoms with Crippen LogP contribution in [0.4, 0.5) is 0 Å². The van der Waals surface area contributed by atoms with Crippen LogP contribution in [0.15, 0.2) is 31.0 Å². The van der Waals surface area contributed by atoms with Crippen LogP contribution in [-0.4, -0.2) is 56.4 Å². The van der Waals surface area contributed by atoms with Crippen LogP contribution in [0.2, 0.25) is 5.21 Å². The summed E-state index contributed by atoms with van der Waals surface area (Å²) in [6.07, 6.45) is 7.35. The molecule has 3 aromatic rings. The second kappa shape index (κ2) is 7.18. The summed E-state index contributed by atoms with van der Waals surface area (Å²) < 4.78 is 1.75. The van der Waals surface area contributed by atoms with Crippen LogP contribution in [-0.2, 0) is 6.54 Å². The molecule has 0 aliphatic heterocycles. The molecule has 0 amide bonds. The Labute approximate surface area is 159 Å². The highest BCUT2D eigenvalue weighted by Crippen LogP contribution is 2.49. The fourth-order valence-corrected chi connectivity index (χ4v) is 3.39. The standard InChI is InChI=1S/C15H15B2N5O2.C2H3N/c16-14(17)3-9(4-15(14,23)24)6-22-7-10(5-21-22)12-11-1-2-18-13(11)20-8-19-12;1-2-3/h1-2,5,7-9,23-24H,3-4,6H2,(H,18,19,20);1H3. The van der Waals surface area contributed by atoms with Crippen LogP contribution in [0.1, 0.15) is 19.8 Å². The Morgan fingerprint density at radius 2 is 2.11 bits per heavy atom. The van der Waals surface area contributed by atoms with E-state index >= 15 is 0 Å². The summed E-state index contributed by atoms with van der Waals surface area (Å²) in [6, 6.07) is 3.67. The Morgan fingerprint density at radius 3 is 2.78 bits per heavy atom. The second-order valence-corrected chi connectivity index (χ2v) is 6.77. The van der Waals surface area contributed by atoms with Crippen molar-refractivity contribution in [1.29, 1.82) is 5.26 Å². The van der Waals surface area contributed by atoms with Crippen molar-refractivity contribution in [2.24, 2.45) is 5.92 Å². The molecule has 0 aromatic carbocycles. The molecule has 1 aliphatic carbocycles. The quantitative estimate of drug-likeness (QED) is 0.471. The third-order valence-corrected chi connectivity index (χ3v) is 4.65. The van der Waals surface area contributed by atoms with Gasteiger partial charge in [0.25, 0.3) is 0 Å². The van der Waals surface area contributed by atoms with Crippen molar-refractivity contribution < 1.29 is 10.2 Å². The number of rotatable bonds is 3. The molecular formula is C17H18B2N6O2. The third kappa shape index (κ3) is 3.75. The number of fused-ring (bicyclic) bond motifs is 1. The van der Waals surface area contributed by atoms with E-state index in [1.807, 2.05) is 18.5 Å². The maximum Gasteiger partial charge on any atom is 0.153 e. The van der Waals surface area contributed by atoms with Crippen LogP contribution < -0.4 is 0 Å². The molecular weight excluding hydrogens is 342 g/mol. The van der Waals surface area contributed by atoms with Gasteiger partial charge in [-0.3, -0.25) is 4.68 Å². The highest BCUT2D eigenvalue weighted by atomic mass is 16.5. The van der Waals surface area contributed by atoms with Crippen LogP contribution >= 0.6 is 0 Å². The summed E-state index contributed by atoms with van der Waals surface area (Å²) in [6.45, 7) is 1.93. The Hall–Kier alpha value is -2.63. The van der Waals surface area contributed by atoms with Crippen LogP contribution in [0.25, 0.3) is 22.3 Å². The number of aromatic nitrogens is 5. The van der Waals surface area contributed by atoms with Crippen molar-refractivity contribution >= 4 is 26.7 Å². The summed E-state index contributed by atoms with van der Waals surface area (Å²) in [7, 11) is 11.5. The summed E-state index contributed by atoms with van der Waals surface area (Å²) >= 11 is 0. The largest absolute Gasteiger partial charge is 0.366 e. The third-order valence-electron chi connectivity index (χ3n) is 4.65. The van der Waals surface area contributed by atoms with Gasteiger partial charge in [-0.2, -0.15) is 10.4 Å². The fourth-order valence-electron chi connectivity index (χ4n) is 3.39. The number of nitrogens with one attached hydrogen (secondary N) is 1. The van der Waals surface area contributed by atoms with Gasteiger partial charge in [-0.1, -0.05) is 6.42 Å². The molecule has 1 fully saturated rings. The molecule has 1 saturated carbocycles. The molecule has 1 atom stereocenters. The number of hydrogen-bond donors (Lipinski definition) is 3. The van der Waals surface area contributed by atoms with Gasteiger partial charge < -0.3 is 15.2 Å². The highest BCUT2D eigenvalue weighted by molar-refractivity contribution is 6.40. The Morgan fingerprint density at radius 1 is 1.37 bits per heavy atom. The first kappa shape index (κ1) is 19.1. The molecule has 3 aromatic heterocycles. The van der Waals surface area contributed by atoms with E-state index in [9.17, 15) is 10.2 Å². The lowest BCUT2D eigenvalue weighted by Crippen LogP contribution is -2.39. The molecule has 3 N–H and O–H groups in total. The van der Waals surface area contributed by atoms with Gasteiger partial charge in [-0.25, -0.2) is 9.97 Å². The minimum absolute atomic E-state index is 0.0690. The molecule has 10 heteroatoms.